The molecular weight excluding hydrogens is 750 g/mol. The number of phenols is 1. The maximum atomic E-state index is 13.3. The Hall–Kier alpha value is -4.62. The second-order valence-corrected chi connectivity index (χ2v) is 16.2. The lowest BCUT2D eigenvalue weighted by Gasteiger charge is -2.53. The van der Waals surface area contributed by atoms with Crippen LogP contribution in [0.1, 0.15) is 73.3 Å². The second kappa shape index (κ2) is 17.9. The van der Waals surface area contributed by atoms with Gasteiger partial charge in [0.25, 0.3) is 0 Å². The van der Waals surface area contributed by atoms with Gasteiger partial charge in [0.2, 0.25) is 5.56 Å². The third-order valence-electron chi connectivity index (χ3n) is 12.5. The van der Waals surface area contributed by atoms with Crippen LogP contribution in [0.4, 0.5) is 0 Å². The number of methoxy groups -OCH3 is 1. The van der Waals surface area contributed by atoms with Gasteiger partial charge in [-0.25, -0.2) is 4.79 Å². The van der Waals surface area contributed by atoms with Gasteiger partial charge in [-0.1, -0.05) is 54.8 Å². The fourth-order valence-corrected chi connectivity index (χ4v) is 9.90. The highest BCUT2D eigenvalue weighted by molar-refractivity contribution is 6.32. The van der Waals surface area contributed by atoms with Gasteiger partial charge in [-0.05, 0) is 104 Å². The van der Waals surface area contributed by atoms with Crippen molar-refractivity contribution in [3.8, 4) is 17.2 Å². The average molecular weight is 802 g/mol. The van der Waals surface area contributed by atoms with Crippen LogP contribution < -0.4 is 20.3 Å². The number of carbonyl (C=O) groups is 2. The normalized spacial score (nSPS) is 23.6. The molecule has 57 heavy (non-hydrogen) atoms. The number of carboxylic acids is 1. The van der Waals surface area contributed by atoms with Crippen molar-refractivity contribution in [2.45, 2.75) is 69.4 Å². The van der Waals surface area contributed by atoms with Crippen molar-refractivity contribution in [2.24, 2.45) is 17.8 Å². The maximum absolute atomic E-state index is 13.3. The first-order valence-electron chi connectivity index (χ1n) is 20.0. The van der Waals surface area contributed by atoms with Gasteiger partial charge >= 0.3 is 11.9 Å². The number of aromatic hydroxyl groups is 1. The predicted octanol–water partition coefficient (Wildman–Crippen LogP) is 6.13. The zero-order valence-electron chi connectivity index (χ0n) is 32.3. The third-order valence-corrected chi connectivity index (χ3v) is 12.8. The van der Waals surface area contributed by atoms with Crippen LogP contribution in [0, 0.1) is 17.8 Å². The monoisotopic (exact) mass is 801 g/mol. The molecule has 4 aliphatic rings. The van der Waals surface area contributed by atoms with Gasteiger partial charge in [0.1, 0.15) is 17.2 Å². The number of nitrogens with zero attached hydrogens (tertiary/aromatic N) is 1. The molecule has 3 saturated heterocycles. The number of carbonyl (C=O) groups excluding carboxylic acids is 1. The average Bonchev–Trinajstić information content (AvgIpc) is 3.22. The second-order valence-electron chi connectivity index (χ2n) is 15.8. The summed E-state index contributed by atoms with van der Waals surface area (Å²) >= 11 is 6.53. The number of nitrogens with one attached hydrogen (secondary N) is 2. The molecule has 1 saturated carbocycles. The molecule has 1 aliphatic carbocycles. The number of hydrogen-bond donors (Lipinski definition) is 5. The number of hydrogen-bond acceptors (Lipinski definition) is 10. The van der Waals surface area contributed by atoms with Crippen LogP contribution in [0.2, 0.25) is 5.02 Å². The highest BCUT2D eigenvalue weighted by Crippen LogP contribution is 2.52. The molecule has 2 bridgehead atoms. The van der Waals surface area contributed by atoms with Crippen LogP contribution >= 0.6 is 11.6 Å². The Bertz CT molecular complexity index is 2130. The zero-order valence-corrected chi connectivity index (χ0v) is 33.1. The molecule has 4 aromatic rings. The topological polar surface area (TPSA) is 171 Å². The van der Waals surface area contributed by atoms with Crippen LogP contribution in [0.15, 0.2) is 65.5 Å². The molecule has 3 unspecified atom stereocenters. The van der Waals surface area contributed by atoms with Crippen LogP contribution in [0.3, 0.4) is 0 Å². The fraction of sp³-hybridized carbons (Fsp3) is 0.477. The maximum Gasteiger partial charge on any atom is 0.344 e. The van der Waals surface area contributed by atoms with Gasteiger partial charge in [0, 0.05) is 42.7 Å². The summed E-state index contributed by atoms with van der Waals surface area (Å²) in [5.74, 6) is 0.548. The van der Waals surface area contributed by atoms with Crippen LogP contribution in [0.25, 0.3) is 10.9 Å². The summed E-state index contributed by atoms with van der Waals surface area (Å²) in [6, 6.07) is 17.3. The van der Waals surface area contributed by atoms with Crippen molar-refractivity contribution in [1.29, 1.82) is 0 Å². The van der Waals surface area contributed by atoms with Crippen molar-refractivity contribution in [3.63, 3.8) is 0 Å². The first kappa shape index (κ1) is 40.6. The Labute approximate surface area is 337 Å². The number of H-pyrrole nitrogens is 1. The molecule has 0 spiro atoms. The molecule has 12 nitrogen and oxygen atoms in total. The van der Waals surface area contributed by atoms with Crippen molar-refractivity contribution in [1.82, 2.24) is 15.2 Å². The number of benzene rings is 3. The molecule has 4 fully saturated rings. The lowest BCUT2D eigenvalue weighted by Crippen LogP contribution is -2.56. The Morgan fingerprint density at radius 2 is 1.88 bits per heavy atom. The number of carboxylic acid groups (broad SMARTS) is 1. The number of phenolic OH excluding ortho intramolecular Hbond substituents is 1. The number of esters is 1. The van der Waals surface area contributed by atoms with Crippen molar-refractivity contribution in [3.05, 3.63) is 98.3 Å². The number of aliphatic hydroxyl groups excluding tert-OH is 1. The van der Waals surface area contributed by atoms with Gasteiger partial charge in [0.05, 0.1) is 35.8 Å². The largest absolute Gasteiger partial charge is 0.506 e. The standard InChI is InChI=1S/C44H52ClN3O9/c1-55-38-22-39(35(45)21-29(38)23-46-24-37(50)31-10-12-36(49)42-32(31)11-13-40(51)47-42)57-26-41(52)56-19-5-7-27-6-4-8-30(20-27)44(43(53)54)16-3-2-9-34(44)33-25-48-17-14-28(33)15-18-48/h4,6,8,10-13,20-22,28,33-34,37,46,49-50H,2-3,5,7,9,14-19,23-26H2,1H3,(H,47,51)(H,53,54)/t33?,34?,37-,44?/m0/s1. The van der Waals surface area contributed by atoms with E-state index in [1.807, 2.05) is 18.2 Å². The van der Waals surface area contributed by atoms with E-state index in [-0.39, 0.29) is 59.8 Å². The van der Waals surface area contributed by atoms with Crippen LogP contribution in [-0.2, 0) is 32.7 Å². The number of rotatable bonds is 16. The van der Waals surface area contributed by atoms with Crippen LogP contribution in [-0.4, -0.2) is 83.6 Å². The number of aromatic nitrogens is 1. The summed E-state index contributed by atoms with van der Waals surface area (Å²) in [7, 11) is 1.51. The number of aliphatic carboxylic acids is 1. The number of piperidine rings is 3. The molecule has 13 heteroatoms. The van der Waals surface area contributed by atoms with Crippen molar-refractivity contribution in [2.75, 3.05) is 46.5 Å². The van der Waals surface area contributed by atoms with E-state index in [0.717, 1.165) is 50.0 Å². The summed E-state index contributed by atoms with van der Waals surface area (Å²) in [5, 5.41) is 35.9. The van der Waals surface area contributed by atoms with Gasteiger partial charge < -0.3 is 44.7 Å². The Balaban J connectivity index is 0.895. The quantitative estimate of drug-likeness (QED) is 0.0653. The molecule has 4 atom stereocenters. The van der Waals surface area contributed by atoms with E-state index >= 15 is 0 Å². The molecule has 3 aliphatic heterocycles. The summed E-state index contributed by atoms with van der Waals surface area (Å²) in [6.45, 7) is 3.56. The van der Waals surface area contributed by atoms with E-state index in [1.165, 1.54) is 32.1 Å². The molecule has 8 rings (SSSR count). The summed E-state index contributed by atoms with van der Waals surface area (Å²) in [5.41, 5.74) is 2.20. The van der Waals surface area contributed by atoms with Gasteiger partial charge in [-0.2, -0.15) is 0 Å². The number of ether oxygens (including phenoxy) is 3. The molecule has 5 N–H and O–H groups in total. The van der Waals surface area contributed by atoms with Gasteiger partial charge in [-0.3, -0.25) is 9.59 Å². The molecule has 0 radical (unpaired) electrons. The molecule has 0 amide bonds. The number of pyridine rings is 1. The first-order valence-corrected chi connectivity index (χ1v) is 20.4. The lowest BCUT2D eigenvalue weighted by atomic mass is 9.55. The minimum Gasteiger partial charge on any atom is -0.506 e. The molecule has 3 aromatic carbocycles. The minimum atomic E-state index is -0.947. The molecular formula is C44H52ClN3O9. The van der Waals surface area contributed by atoms with Gasteiger partial charge in [-0.15, -0.1) is 0 Å². The van der Waals surface area contributed by atoms with E-state index in [2.05, 4.69) is 21.3 Å². The number of halogens is 1. The molecule has 1 aromatic heterocycles. The number of aromatic amines is 1. The molecule has 4 heterocycles. The lowest BCUT2D eigenvalue weighted by molar-refractivity contribution is -0.151. The summed E-state index contributed by atoms with van der Waals surface area (Å²) < 4.78 is 16.8. The molecule has 304 valence electrons. The first-order chi connectivity index (χ1) is 27.6. The number of aliphatic hydroxyl groups is 1. The van der Waals surface area contributed by atoms with E-state index < -0.39 is 23.5 Å². The fourth-order valence-electron chi connectivity index (χ4n) is 9.66. The van der Waals surface area contributed by atoms with Crippen LogP contribution in [0.5, 0.6) is 17.2 Å². The van der Waals surface area contributed by atoms with E-state index in [9.17, 15) is 29.7 Å². The summed E-state index contributed by atoms with van der Waals surface area (Å²) in [6.07, 6.45) is 6.25. The Kier molecular flexibility index (Phi) is 12.7. The highest BCUT2D eigenvalue weighted by atomic mass is 35.5. The number of aryl methyl sites for hydroxylation is 1. The third kappa shape index (κ3) is 8.79. The van der Waals surface area contributed by atoms with Gasteiger partial charge in [0.15, 0.2) is 6.61 Å². The van der Waals surface area contributed by atoms with E-state index in [1.54, 1.807) is 24.3 Å². The smallest absolute Gasteiger partial charge is 0.344 e. The summed E-state index contributed by atoms with van der Waals surface area (Å²) in [4.78, 5) is 42.8. The minimum absolute atomic E-state index is 0.0851. The zero-order chi connectivity index (χ0) is 40.1. The highest BCUT2D eigenvalue weighted by Gasteiger charge is 2.54. The Morgan fingerprint density at radius 1 is 1.05 bits per heavy atom. The van der Waals surface area contributed by atoms with E-state index in [4.69, 9.17) is 25.8 Å². The SMILES string of the molecule is COc1cc(OCC(=O)OCCCc2cccc(C3(C(=O)O)CCCCC3C3CN4CCC3CC4)c2)c(Cl)cc1CNC[C@H](O)c1ccc(O)c2[nH]c(=O)ccc12. The van der Waals surface area contributed by atoms with Crippen molar-refractivity contribution >= 4 is 34.4 Å². The van der Waals surface area contributed by atoms with E-state index in [0.29, 0.717) is 53.4 Å². The number of fused-ring (bicyclic) bond motifs is 4. The predicted molar refractivity (Wildman–Crippen MR) is 216 cm³/mol. The van der Waals surface area contributed by atoms with Crippen molar-refractivity contribution < 1.29 is 39.1 Å². The Morgan fingerprint density at radius 3 is 2.63 bits per heavy atom.